The second-order valence-electron chi connectivity index (χ2n) is 23.4. The van der Waals surface area contributed by atoms with E-state index in [4.69, 9.17) is 4.74 Å². The van der Waals surface area contributed by atoms with Crippen molar-refractivity contribution in [1.82, 2.24) is 9.80 Å². The van der Waals surface area contributed by atoms with Crippen molar-refractivity contribution >= 4 is 47.5 Å². The van der Waals surface area contributed by atoms with Crippen LogP contribution in [-0.4, -0.2) is 113 Å². The molecule has 0 saturated carbocycles. The Balaban J connectivity index is 2.66. The number of likely N-dealkylation sites (tertiary alicyclic amines) is 2. The number of carbonyl (C=O) groups is 8. The molecule has 0 aromatic rings. The standard InChI is InChI=1S/C53H91N3O12/c1-15-18-19-20-21-22-23-24-25-26-29-55-43(58)36(32-53(11,12)41(48(65)66)37(46(61)62)33-51(7,8)38(47(63)64)34(4)49(67)68-17-3)40(45(55)60)52(9,10)31-35-39(50(5,6)16-2)44(59)56(42(35)57)30-27-28-54(13)14/h34-41H,15-33H2,1-14H3,(H,61,62)(H,63,64)(H,65,66)/p+1. The smallest absolute Gasteiger partial charge is 0.309 e. The van der Waals surface area contributed by atoms with Crippen molar-refractivity contribution in [3.63, 3.8) is 0 Å². The Morgan fingerprint density at radius 3 is 1.46 bits per heavy atom. The predicted octanol–water partition coefficient (Wildman–Crippen LogP) is 7.63. The number of ether oxygens (including phenoxy) is 1. The van der Waals surface area contributed by atoms with Crippen LogP contribution in [0.25, 0.3) is 0 Å². The number of hydrogen-bond donors (Lipinski definition) is 4. The van der Waals surface area contributed by atoms with Gasteiger partial charge in [0.1, 0.15) is 0 Å². The van der Waals surface area contributed by atoms with Gasteiger partial charge < -0.3 is 25.0 Å². The summed E-state index contributed by atoms with van der Waals surface area (Å²) in [5, 5.41) is 32.1. The van der Waals surface area contributed by atoms with Crippen molar-refractivity contribution in [2.45, 2.75) is 179 Å². The Morgan fingerprint density at radius 2 is 1.03 bits per heavy atom. The maximum absolute atomic E-state index is 14.9. The number of carbonyl (C=O) groups excluding carboxylic acids is 5. The lowest BCUT2D eigenvalue weighted by atomic mass is 9.58. The van der Waals surface area contributed by atoms with Crippen LogP contribution in [0.5, 0.6) is 0 Å². The summed E-state index contributed by atoms with van der Waals surface area (Å²) in [7, 11) is 4.01. The van der Waals surface area contributed by atoms with Gasteiger partial charge in [0.15, 0.2) is 0 Å². The van der Waals surface area contributed by atoms with Crippen LogP contribution in [0, 0.1) is 69.0 Å². The van der Waals surface area contributed by atoms with Gasteiger partial charge in [-0.2, -0.15) is 0 Å². The molecule has 2 heterocycles. The zero-order valence-corrected chi connectivity index (χ0v) is 44.5. The number of unbranched alkanes of at least 4 members (excludes halogenated alkanes) is 9. The minimum atomic E-state index is -1.67. The van der Waals surface area contributed by atoms with E-state index in [1.54, 1.807) is 20.8 Å². The van der Waals surface area contributed by atoms with E-state index >= 15 is 0 Å². The third kappa shape index (κ3) is 15.3. The molecule has 15 nitrogen and oxygen atoms in total. The van der Waals surface area contributed by atoms with E-state index in [-0.39, 0.29) is 44.4 Å². The van der Waals surface area contributed by atoms with Crippen LogP contribution in [0.1, 0.15) is 179 Å². The Morgan fingerprint density at radius 1 is 0.588 bits per heavy atom. The number of amides is 4. The average molecular weight is 963 g/mol. The van der Waals surface area contributed by atoms with Crippen molar-refractivity contribution < 1.29 is 63.3 Å². The lowest BCUT2D eigenvalue weighted by molar-refractivity contribution is -0.858. The first kappa shape index (κ1) is 60.2. The van der Waals surface area contributed by atoms with E-state index in [0.717, 1.165) is 32.2 Å². The number of hydrogen-bond acceptors (Lipinski definition) is 9. The Hall–Kier alpha value is -3.88. The van der Waals surface area contributed by atoms with E-state index in [0.29, 0.717) is 19.3 Å². The average Bonchev–Trinajstić information content (AvgIpc) is 3.59. The Kier molecular flexibility index (Phi) is 22.9. The van der Waals surface area contributed by atoms with Gasteiger partial charge in [0.2, 0.25) is 23.6 Å². The molecule has 4 N–H and O–H groups in total. The molecule has 4 amide bonds. The fourth-order valence-electron chi connectivity index (χ4n) is 11.9. The highest BCUT2D eigenvalue weighted by molar-refractivity contribution is 6.07. The zero-order valence-electron chi connectivity index (χ0n) is 44.5. The van der Waals surface area contributed by atoms with Gasteiger partial charge in [-0.3, -0.25) is 48.2 Å². The van der Waals surface area contributed by atoms with Crippen molar-refractivity contribution in [2.24, 2.45) is 69.0 Å². The summed E-state index contributed by atoms with van der Waals surface area (Å²) in [5.41, 5.74) is -4.56. The number of nitrogens with zero attached hydrogens (tertiary/aromatic N) is 2. The molecule has 0 radical (unpaired) electrons. The fraction of sp³-hybridized carbons (Fsp3) is 0.849. The van der Waals surface area contributed by atoms with E-state index in [2.05, 4.69) is 6.92 Å². The van der Waals surface area contributed by atoms with Crippen LogP contribution in [0.3, 0.4) is 0 Å². The highest BCUT2D eigenvalue weighted by Crippen LogP contribution is 2.54. The summed E-state index contributed by atoms with van der Waals surface area (Å²) >= 11 is 0. The molecular weight excluding hydrogens is 871 g/mol. The van der Waals surface area contributed by atoms with Crippen molar-refractivity contribution in [2.75, 3.05) is 40.3 Å². The molecule has 0 aromatic carbocycles. The van der Waals surface area contributed by atoms with Gasteiger partial charge in [0.05, 0.1) is 74.6 Å². The first-order valence-electron chi connectivity index (χ1n) is 25.8. The van der Waals surface area contributed by atoms with Gasteiger partial charge in [-0.05, 0) is 54.3 Å². The lowest BCUT2D eigenvalue weighted by Crippen LogP contribution is -3.05. The number of carboxylic acids is 3. The predicted molar refractivity (Wildman–Crippen MR) is 260 cm³/mol. The Bertz CT molecular complexity index is 1750. The van der Waals surface area contributed by atoms with E-state index in [1.807, 2.05) is 48.7 Å². The number of carboxylic acid groups (broad SMARTS) is 3. The van der Waals surface area contributed by atoms with Crippen LogP contribution >= 0.6 is 0 Å². The monoisotopic (exact) mass is 963 g/mol. The molecule has 8 unspecified atom stereocenters. The molecule has 0 spiro atoms. The third-order valence-electron chi connectivity index (χ3n) is 15.8. The maximum atomic E-state index is 14.9. The molecule has 0 bridgehead atoms. The van der Waals surface area contributed by atoms with E-state index in [1.165, 1.54) is 67.6 Å². The van der Waals surface area contributed by atoms with E-state index in [9.17, 15) is 53.7 Å². The second kappa shape index (κ2) is 25.8. The molecule has 2 fully saturated rings. The van der Waals surface area contributed by atoms with Crippen LogP contribution in [-0.2, 0) is 43.1 Å². The number of rotatable bonds is 33. The molecule has 2 saturated heterocycles. The van der Waals surface area contributed by atoms with Gasteiger partial charge in [0.25, 0.3) is 0 Å². The number of quaternary nitrogens is 1. The molecule has 68 heavy (non-hydrogen) atoms. The molecule has 390 valence electrons. The maximum Gasteiger partial charge on any atom is 0.309 e. The summed E-state index contributed by atoms with van der Waals surface area (Å²) in [6.07, 6.45) is 11.2. The fourth-order valence-corrected chi connectivity index (χ4v) is 11.9. The molecule has 0 aromatic heterocycles. The summed E-state index contributed by atoms with van der Waals surface area (Å²) in [4.78, 5) is 115. The van der Waals surface area contributed by atoms with Gasteiger partial charge in [0, 0.05) is 19.5 Å². The minimum Gasteiger partial charge on any atom is -0.481 e. The number of esters is 1. The quantitative estimate of drug-likeness (QED) is 0.0284. The molecule has 2 aliphatic heterocycles. The molecule has 8 atom stereocenters. The van der Waals surface area contributed by atoms with Crippen molar-refractivity contribution in [3.8, 4) is 0 Å². The van der Waals surface area contributed by atoms with Crippen LogP contribution in [0.2, 0.25) is 0 Å². The van der Waals surface area contributed by atoms with Crippen LogP contribution in [0.4, 0.5) is 0 Å². The van der Waals surface area contributed by atoms with Crippen molar-refractivity contribution in [3.05, 3.63) is 0 Å². The van der Waals surface area contributed by atoms with Gasteiger partial charge >= 0.3 is 23.9 Å². The van der Waals surface area contributed by atoms with E-state index < -0.39 is 111 Å². The van der Waals surface area contributed by atoms with Gasteiger partial charge in [-0.1, -0.05) is 140 Å². The first-order chi connectivity index (χ1) is 31.5. The molecule has 2 aliphatic rings. The van der Waals surface area contributed by atoms with Crippen LogP contribution in [0.15, 0.2) is 0 Å². The minimum absolute atomic E-state index is 0.00241. The summed E-state index contributed by atoms with van der Waals surface area (Å²) < 4.78 is 5.12. The van der Waals surface area contributed by atoms with Crippen molar-refractivity contribution in [1.29, 1.82) is 0 Å². The number of nitrogens with one attached hydrogen (secondary N) is 1. The largest absolute Gasteiger partial charge is 0.481 e. The highest BCUT2D eigenvalue weighted by atomic mass is 16.5. The SMILES string of the molecule is CCCCCCCCCCCCN1C(=O)C(CC(C)(C)C(C(=O)O)C(CC(C)(C)C(C(=O)O)C(C)C(=O)OCC)C(=O)O)C(C(C)(C)CC2C(=O)N(CCC[NH+](C)C)C(=O)C2C(C)(C)CC)C1=O. The summed E-state index contributed by atoms with van der Waals surface area (Å²) in [5.74, 6) is -16.1. The van der Waals surface area contributed by atoms with Gasteiger partial charge in [-0.25, -0.2) is 0 Å². The molecule has 0 aliphatic carbocycles. The van der Waals surface area contributed by atoms with Gasteiger partial charge in [-0.15, -0.1) is 0 Å². The normalized spacial score (nSPS) is 21.4. The van der Waals surface area contributed by atoms with Crippen LogP contribution < -0.4 is 4.90 Å². The molecule has 15 heteroatoms. The number of aliphatic carboxylic acids is 3. The molecular formula is C53H92N3O12+. The lowest BCUT2D eigenvalue weighted by Gasteiger charge is -2.43. The molecule has 2 rings (SSSR count). The first-order valence-corrected chi connectivity index (χ1v) is 25.8. The zero-order chi connectivity index (χ0) is 52.1. The highest BCUT2D eigenvalue weighted by Gasteiger charge is 2.61. The number of imide groups is 2. The Labute approximate surface area is 408 Å². The summed E-state index contributed by atoms with van der Waals surface area (Å²) in [6, 6.07) is 0. The summed E-state index contributed by atoms with van der Waals surface area (Å²) in [6.45, 7) is 22.1. The second-order valence-corrected chi connectivity index (χ2v) is 23.4. The third-order valence-corrected chi connectivity index (χ3v) is 15.8. The topological polar surface area (TPSA) is 217 Å².